The summed E-state index contributed by atoms with van der Waals surface area (Å²) >= 11 is 17.8. The zero-order valence-electron chi connectivity index (χ0n) is 17.9. The van der Waals surface area contributed by atoms with Crippen LogP contribution in [0, 0.1) is 6.92 Å². The van der Waals surface area contributed by atoms with Crippen molar-refractivity contribution in [1.29, 1.82) is 0 Å². The summed E-state index contributed by atoms with van der Waals surface area (Å²) in [6, 6.07) is 9.65. The number of rotatable bonds is 10. The summed E-state index contributed by atoms with van der Waals surface area (Å²) in [4.78, 5) is 0. The van der Waals surface area contributed by atoms with Gasteiger partial charge in [0.05, 0.1) is 16.3 Å². The predicted octanol–water partition coefficient (Wildman–Crippen LogP) is 5.87. The van der Waals surface area contributed by atoms with Gasteiger partial charge in [0.15, 0.2) is 10.9 Å². The molecular formula is C23H27Cl2N3O2S. The average molecular weight is 480 g/mol. The van der Waals surface area contributed by atoms with Crippen molar-refractivity contribution in [1.82, 2.24) is 10.7 Å². The van der Waals surface area contributed by atoms with Crippen LogP contribution in [0.15, 0.2) is 48.1 Å². The first-order valence-electron chi connectivity index (χ1n) is 9.84. The van der Waals surface area contributed by atoms with Crippen LogP contribution in [0.25, 0.3) is 0 Å². The molecule has 0 radical (unpaired) electrons. The Bertz CT molecular complexity index is 925. The highest BCUT2D eigenvalue weighted by Crippen LogP contribution is 2.34. The van der Waals surface area contributed by atoms with Crippen molar-refractivity contribution in [3.63, 3.8) is 0 Å². The normalized spacial score (nSPS) is 10.9. The van der Waals surface area contributed by atoms with Crippen molar-refractivity contribution in [2.45, 2.75) is 26.7 Å². The summed E-state index contributed by atoms with van der Waals surface area (Å²) in [6.07, 6.45) is 3.27. The number of aryl methyl sites for hydroxylation is 1. The van der Waals surface area contributed by atoms with E-state index in [0.717, 1.165) is 16.9 Å². The molecule has 0 aromatic heterocycles. The van der Waals surface area contributed by atoms with Gasteiger partial charge in [-0.15, -0.1) is 6.58 Å². The van der Waals surface area contributed by atoms with Crippen LogP contribution in [-0.2, 0) is 0 Å². The fourth-order valence-electron chi connectivity index (χ4n) is 2.70. The molecule has 0 amide bonds. The van der Waals surface area contributed by atoms with Gasteiger partial charge in [-0.3, -0.25) is 5.43 Å². The lowest BCUT2D eigenvalue weighted by Crippen LogP contribution is -2.31. The lowest BCUT2D eigenvalue weighted by Gasteiger charge is -2.16. The van der Waals surface area contributed by atoms with Crippen molar-refractivity contribution >= 4 is 46.7 Å². The van der Waals surface area contributed by atoms with Gasteiger partial charge in [-0.2, -0.15) is 5.10 Å². The first-order chi connectivity index (χ1) is 14.8. The van der Waals surface area contributed by atoms with E-state index in [4.69, 9.17) is 44.9 Å². The highest BCUT2D eigenvalue weighted by atomic mass is 35.5. The number of hydrazone groups is 1. The van der Waals surface area contributed by atoms with Gasteiger partial charge in [0.2, 0.25) is 0 Å². The van der Waals surface area contributed by atoms with E-state index in [9.17, 15) is 0 Å². The molecule has 0 atom stereocenters. The first kappa shape index (κ1) is 25.0. The molecule has 0 bridgehead atoms. The van der Waals surface area contributed by atoms with Crippen molar-refractivity contribution in [3.05, 3.63) is 69.7 Å². The smallest absolute Gasteiger partial charge is 0.187 e. The Kier molecular flexibility index (Phi) is 10.1. The Morgan fingerprint density at radius 3 is 2.48 bits per heavy atom. The van der Waals surface area contributed by atoms with Gasteiger partial charge in [-0.05, 0) is 59.9 Å². The maximum absolute atomic E-state index is 6.35. The quantitative estimate of drug-likeness (QED) is 0.147. The predicted molar refractivity (Wildman–Crippen MR) is 134 cm³/mol. The van der Waals surface area contributed by atoms with Gasteiger partial charge in [0.25, 0.3) is 0 Å². The second-order valence-corrected chi connectivity index (χ2v) is 8.30. The molecule has 2 aromatic rings. The number of nitrogens with one attached hydrogen (secondary N) is 2. The van der Waals surface area contributed by atoms with Crippen LogP contribution in [0.1, 0.15) is 36.5 Å². The van der Waals surface area contributed by atoms with Gasteiger partial charge in [0.1, 0.15) is 19.0 Å². The molecular weight excluding hydrogens is 453 g/mol. The van der Waals surface area contributed by atoms with Crippen molar-refractivity contribution in [2.24, 2.45) is 5.10 Å². The molecule has 0 heterocycles. The molecule has 0 aliphatic carbocycles. The molecule has 2 N–H and O–H groups in total. The first-order valence-corrected chi connectivity index (χ1v) is 11.0. The second kappa shape index (κ2) is 12.5. The number of hydrogen-bond donors (Lipinski definition) is 2. The molecule has 2 aromatic carbocycles. The molecule has 8 heteroatoms. The monoisotopic (exact) mass is 479 g/mol. The molecule has 2 rings (SSSR count). The molecule has 0 spiro atoms. The summed E-state index contributed by atoms with van der Waals surface area (Å²) in [5.74, 6) is 1.65. The van der Waals surface area contributed by atoms with Crippen LogP contribution < -0.4 is 20.2 Å². The fraction of sp³-hybridized carbons (Fsp3) is 0.304. The van der Waals surface area contributed by atoms with Gasteiger partial charge in [-0.1, -0.05) is 55.3 Å². The number of benzene rings is 2. The van der Waals surface area contributed by atoms with E-state index in [1.54, 1.807) is 24.4 Å². The summed E-state index contributed by atoms with van der Waals surface area (Å²) in [6.45, 7) is 11.2. The topological polar surface area (TPSA) is 54.9 Å². The minimum atomic E-state index is 0.309. The minimum absolute atomic E-state index is 0.309. The van der Waals surface area contributed by atoms with Crippen molar-refractivity contribution < 1.29 is 9.47 Å². The SMILES string of the molecule is C=CCNC(=S)N/N=C\c1cc(Cl)c(OCCOc2cc(C)ccc2C(C)C)c(Cl)c1. The Morgan fingerprint density at radius 2 is 1.84 bits per heavy atom. The van der Waals surface area contributed by atoms with Gasteiger partial charge >= 0.3 is 0 Å². The van der Waals surface area contributed by atoms with E-state index < -0.39 is 0 Å². The zero-order chi connectivity index (χ0) is 22.8. The lowest BCUT2D eigenvalue weighted by atomic mass is 10.0. The molecule has 0 saturated heterocycles. The van der Waals surface area contributed by atoms with Crippen LogP contribution in [0.2, 0.25) is 10.0 Å². The molecule has 166 valence electrons. The maximum atomic E-state index is 6.35. The molecule has 0 saturated carbocycles. The van der Waals surface area contributed by atoms with Gasteiger partial charge in [0, 0.05) is 6.54 Å². The third-order valence-electron chi connectivity index (χ3n) is 4.19. The van der Waals surface area contributed by atoms with Crippen LogP contribution in [-0.4, -0.2) is 31.1 Å². The number of thiocarbonyl (C=S) groups is 1. The van der Waals surface area contributed by atoms with Crippen LogP contribution in [0.5, 0.6) is 11.5 Å². The third kappa shape index (κ3) is 8.05. The summed E-state index contributed by atoms with van der Waals surface area (Å²) in [5.41, 5.74) is 5.72. The number of halogens is 2. The Morgan fingerprint density at radius 1 is 1.16 bits per heavy atom. The highest BCUT2D eigenvalue weighted by molar-refractivity contribution is 7.80. The van der Waals surface area contributed by atoms with E-state index in [0.29, 0.717) is 52.1 Å². The second-order valence-electron chi connectivity index (χ2n) is 7.08. The molecule has 31 heavy (non-hydrogen) atoms. The third-order valence-corrected chi connectivity index (χ3v) is 4.98. The highest BCUT2D eigenvalue weighted by Gasteiger charge is 2.11. The van der Waals surface area contributed by atoms with E-state index in [1.807, 2.05) is 13.0 Å². The number of ether oxygens (including phenoxy) is 2. The van der Waals surface area contributed by atoms with Crippen LogP contribution in [0.3, 0.4) is 0 Å². The summed E-state index contributed by atoms with van der Waals surface area (Å²) in [7, 11) is 0. The standard InChI is InChI=1S/C23H27Cl2N3O2S/c1-5-8-26-23(31)28-27-14-17-12-19(24)22(20(25)13-17)30-10-9-29-21-11-16(4)6-7-18(21)15(2)3/h5-7,11-15H,1,8-10H2,2-4H3,(H2,26,28,31)/b27-14-. The Labute approximate surface area is 199 Å². The van der Waals surface area contributed by atoms with Gasteiger partial charge in [-0.25, -0.2) is 0 Å². The lowest BCUT2D eigenvalue weighted by molar-refractivity contribution is 0.215. The zero-order valence-corrected chi connectivity index (χ0v) is 20.2. The van der Waals surface area contributed by atoms with Crippen LogP contribution in [0.4, 0.5) is 0 Å². The van der Waals surface area contributed by atoms with E-state index >= 15 is 0 Å². The fourth-order valence-corrected chi connectivity index (χ4v) is 3.45. The largest absolute Gasteiger partial charge is 0.490 e. The van der Waals surface area contributed by atoms with Crippen molar-refractivity contribution in [2.75, 3.05) is 19.8 Å². The van der Waals surface area contributed by atoms with E-state index in [1.165, 1.54) is 0 Å². The van der Waals surface area contributed by atoms with E-state index in [-0.39, 0.29) is 0 Å². The summed E-state index contributed by atoms with van der Waals surface area (Å²) in [5, 5.41) is 8.13. The molecule has 0 aliphatic rings. The molecule has 0 unspecified atom stereocenters. The average Bonchev–Trinajstić information content (AvgIpc) is 2.71. The number of nitrogens with zero attached hydrogens (tertiary/aromatic N) is 1. The molecule has 5 nitrogen and oxygen atoms in total. The maximum Gasteiger partial charge on any atom is 0.187 e. The van der Waals surface area contributed by atoms with E-state index in [2.05, 4.69) is 48.4 Å². The summed E-state index contributed by atoms with van der Waals surface area (Å²) < 4.78 is 11.7. The van der Waals surface area contributed by atoms with Crippen LogP contribution >= 0.6 is 35.4 Å². The molecule has 0 aliphatic heterocycles. The molecule has 0 fully saturated rings. The van der Waals surface area contributed by atoms with Crippen molar-refractivity contribution in [3.8, 4) is 11.5 Å². The number of hydrogen-bond acceptors (Lipinski definition) is 4. The minimum Gasteiger partial charge on any atom is -0.490 e. The van der Waals surface area contributed by atoms with Gasteiger partial charge < -0.3 is 14.8 Å². The Balaban J connectivity index is 1.92. The Hall–Kier alpha value is -2.28.